The molecule has 0 bridgehead atoms. The van der Waals surface area contributed by atoms with Gasteiger partial charge in [0.25, 0.3) is 0 Å². The van der Waals surface area contributed by atoms with Crippen molar-refractivity contribution in [1.29, 1.82) is 0 Å². The molecule has 1 heteroatoms. The normalized spacial score (nSPS) is 20.7. The molecule has 0 amide bonds. The Morgan fingerprint density at radius 2 is 1.72 bits per heavy atom. The van der Waals surface area contributed by atoms with Crippen LogP contribution in [-0.2, 0) is 0 Å². The predicted octanol–water partition coefficient (Wildman–Crippen LogP) is 4.83. The van der Waals surface area contributed by atoms with Gasteiger partial charge < -0.3 is 0 Å². The molecule has 1 saturated carbocycles. The van der Waals surface area contributed by atoms with Crippen LogP contribution in [0.4, 0.5) is 0 Å². The largest absolute Gasteiger partial charge is 0.261 e. The van der Waals surface area contributed by atoms with Gasteiger partial charge in [0, 0.05) is 11.9 Å². The summed E-state index contributed by atoms with van der Waals surface area (Å²) >= 11 is 0. The second-order valence-electron chi connectivity index (χ2n) is 5.65. The Balaban J connectivity index is 1.78. The highest BCUT2D eigenvalue weighted by Gasteiger charge is 2.17. The zero-order chi connectivity index (χ0) is 12.4. The van der Waals surface area contributed by atoms with E-state index >= 15 is 0 Å². The average molecular weight is 239 g/mol. The topological polar surface area (TPSA) is 12.4 Å². The summed E-state index contributed by atoms with van der Waals surface area (Å²) in [7, 11) is 0. The molecule has 0 saturated heterocycles. The van der Waals surface area contributed by atoms with E-state index in [-0.39, 0.29) is 0 Å². The standard InChI is InChI=1S/C17H21N/c1-13-6-11-17(18-12-13)16-9-7-15(8-10-16)14-4-2-3-5-14/h7-10,12,14H,2-6,11H2,1H3. The van der Waals surface area contributed by atoms with Crippen molar-refractivity contribution in [2.75, 3.05) is 0 Å². The molecule has 18 heavy (non-hydrogen) atoms. The van der Waals surface area contributed by atoms with E-state index in [0.29, 0.717) is 0 Å². The molecule has 2 aliphatic rings. The van der Waals surface area contributed by atoms with Crippen LogP contribution >= 0.6 is 0 Å². The van der Waals surface area contributed by atoms with Gasteiger partial charge in [0.1, 0.15) is 0 Å². The lowest BCUT2D eigenvalue weighted by atomic mass is 9.94. The fourth-order valence-electron chi connectivity index (χ4n) is 3.06. The third kappa shape index (κ3) is 2.40. The van der Waals surface area contributed by atoms with E-state index in [9.17, 15) is 0 Å². The molecule has 1 aliphatic heterocycles. The van der Waals surface area contributed by atoms with E-state index < -0.39 is 0 Å². The van der Waals surface area contributed by atoms with Crippen molar-refractivity contribution in [3.63, 3.8) is 0 Å². The Kier molecular flexibility index (Phi) is 3.31. The van der Waals surface area contributed by atoms with Crippen LogP contribution in [0.5, 0.6) is 0 Å². The second-order valence-corrected chi connectivity index (χ2v) is 5.65. The summed E-state index contributed by atoms with van der Waals surface area (Å²) < 4.78 is 0. The van der Waals surface area contributed by atoms with Crippen molar-refractivity contribution in [3.8, 4) is 0 Å². The molecule has 3 rings (SSSR count). The first-order valence-corrected chi connectivity index (χ1v) is 7.15. The van der Waals surface area contributed by atoms with Crippen LogP contribution in [-0.4, -0.2) is 5.71 Å². The number of benzene rings is 1. The van der Waals surface area contributed by atoms with Gasteiger partial charge >= 0.3 is 0 Å². The van der Waals surface area contributed by atoms with Crippen LogP contribution in [0.3, 0.4) is 0 Å². The van der Waals surface area contributed by atoms with Gasteiger partial charge in [-0.05, 0) is 49.7 Å². The smallest absolute Gasteiger partial charge is 0.0479 e. The number of allylic oxidation sites excluding steroid dienone is 1. The molecule has 0 spiro atoms. The molecule has 94 valence electrons. The van der Waals surface area contributed by atoms with Crippen molar-refractivity contribution in [1.82, 2.24) is 0 Å². The summed E-state index contributed by atoms with van der Waals surface area (Å²) in [5.41, 5.74) is 5.47. The number of hydrogen-bond acceptors (Lipinski definition) is 1. The van der Waals surface area contributed by atoms with Crippen LogP contribution in [0.25, 0.3) is 0 Å². The summed E-state index contributed by atoms with van der Waals surface area (Å²) in [5, 5.41) is 0. The first-order chi connectivity index (χ1) is 8.83. The minimum absolute atomic E-state index is 0.814. The summed E-state index contributed by atoms with van der Waals surface area (Å²) in [5.74, 6) is 0.814. The van der Waals surface area contributed by atoms with E-state index in [1.165, 1.54) is 48.1 Å². The monoisotopic (exact) mass is 239 g/mol. The SMILES string of the molecule is CC1=CN=C(c2ccc(C3CCCC3)cc2)CC1. The number of hydrogen-bond donors (Lipinski definition) is 0. The maximum Gasteiger partial charge on any atom is 0.0479 e. The van der Waals surface area contributed by atoms with E-state index in [2.05, 4.69) is 36.2 Å². The number of nitrogens with zero attached hydrogens (tertiary/aromatic N) is 1. The minimum Gasteiger partial charge on any atom is -0.261 e. The third-order valence-corrected chi connectivity index (χ3v) is 4.27. The number of rotatable bonds is 2. The van der Waals surface area contributed by atoms with Gasteiger partial charge in [-0.3, -0.25) is 4.99 Å². The van der Waals surface area contributed by atoms with Gasteiger partial charge in [0.15, 0.2) is 0 Å². The molecule has 0 aromatic heterocycles. The predicted molar refractivity (Wildman–Crippen MR) is 77.2 cm³/mol. The van der Waals surface area contributed by atoms with Gasteiger partial charge in [0.05, 0.1) is 0 Å². The van der Waals surface area contributed by atoms with Gasteiger partial charge in [-0.15, -0.1) is 0 Å². The van der Waals surface area contributed by atoms with E-state index in [1.54, 1.807) is 0 Å². The molecular formula is C17H21N. The minimum atomic E-state index is 0.814. The Bertz CT molecular complexity index is 473. The zero-order valence-corrected chi connectivity index (χ0v) is 11.2. The quantitative estimate of drug-likeness (QED) is 0.701. The van der Waals surface area contributed by atoms with Crippen LogP contribution in [0.15, 0.2) is 41.0 Å². The molecule has 1 heterocycles. The van der Waals surface area contributed by atoms with Crippen molar-refractivity contribution in [2.45, 2.75) is 51.4 Å². The van der Waals surface area contributed by atoms with Gasteiger partial charge in [0.2, 0.25) is 0 Å². The van der Waals surface area contributed by atoms with Crippen LogP contribution in [0.2, 0.25) is 0 Å². The molecule has 1 fully saturated rings. The summed E-state index contributed by atoms with van der Waals surface area (Å²) in [6.45, 7) is 2.16. The van der Waals surface area contributed by atoms with Gasteiger partial charge in [-0.2, -0.15) is 0 Å². The van der Waals surface area contributed by atoms with Crippen molar-refractivity contribution in [3.05, 3.63) is 47.2 Å². The van der Waals surface area contributed by atoms with E-state index in [1.807, 2.05) is 6.20 Å². The Morgan fingerprint density at radius 3 is 2.33 bits per heavy atom. The van der Waals surface area contributed by atoms with Crippen molar-refractivity contribution < 1.29 is 0 Å². The zero-order valence-electron chi connectivity index (χ0n) is 11.2. The fraction of sp³-hybridized carbons (Fsp3) is 0.471. The van der Waals surface area contributed by atoms with E-state index in [4.69, 9.17) is 0 Å². The molecule has 1 nitrogen and oxygen atoms in total. The molecule has 0 N–H and O–H groups in total. The Hall–Kier alpha value is -1.37. The molecule has 1 aliphatic carbocycles. The lowest BCUT2D eigenvalue weighted by Gasteiger charge is -2.13. The molecule has 0 unspecified atom stereocenters. The fourth-order valence-corrected chi connectivity index (χ4v) is 3.06. The summed E-state index contributed by atoms with van der Waals surface area (Å²) in [6, 6.07) is 9.17. The molecule has 1 aromatic carbocycles. The maximum atomic E-state index is 4.56. The average Bonchev–Trinajstić information content (AvgIpc) is 2.94. The molecular weight excluding hydrogens is 218 g/mol. The first kappa shape index (κ1) is 11.7. The third-order valence-electron chi connectivity index (χ3n) is 4.27. The van der Waals surface area contributed by atoms with Crippen LogP contribution < -0.4 is 0 Å². The van der Waals surface area contributed by atoms with Gasteiger partial charge in [-0.1, -0.05) is 42.7 Å². The highest BCUT2D eigenvalue weighted by molar-refractivity contribution is 6.01. The highest BCUT2D eigenvalue weighted by atomic mass is 14.7. The Morgan fingerprint density at radius 1 is 1.00 bits per heavy atom. The molecule has 0 atom stereocenters. The van der Waals surface area contributed by atoms with Crippen molar-refractivity contribution >= 4 is 5.71 Å². The molecule has 1 aromatic rings. The Labute approximate surface area is 110 Å². The van der Waals surface area contributed by atoms with Crippen molar-refractivity contribution in [2.24, 2.45) is 4.99 Å². The maximum absolute atomic E-state index is 4.56. The summed E-state index contributed by atoms with van der Waals surface area (Å²) in [6.07, 6.45) is 9.83. The first-order valence-electron chi connectivity index (χ1n) is 7.15. The number of aliphatic imine (C=N–C) groups is 1. The lowest BCUT2D eigenvalue weighted by Crippen LogP contribution is -2.04. The lowest BCUT2D eigenvalue weighted by molar-refractivity contribution is 0.723. The highest BCUT2D eigenvalue weighted by Crippen LogP contribution is 2.34. The second kappa shape index (κ2) is 5.09. The summed E-state index contributed by atoms with van der Waals surface area (Å²) in [4.78, 5) is 4.56. The molecule has 0 radical (unpaired) electrons. The van der Waals surface area contributed by atoms with Crippen LogP contribution in [0.1, 0.15) is 62.5 Å². The van der Waals surface area contributed by atoms with Crippen LogP contribution in [0, 0.1) is 0 Å². The van der Waals surface area contributed by atoms with Gasteiger partial charge in [-0.25, -0.2) is 0 Å². The van der Waals surface area contributed by atoms with E-state index in [0.717, 1.165) is 18.8 Å².